The number of pyridine rings is 1. The topological polar surface area (TPSA) is 101 Å². The highest BCUT2D eigenvalue weighted by molar-refractivity contribution is 6.02. The number of benzene rings is 2. The minimum Gasteiger partial charge on any atom is -0.330 e. The van der Waals surface area contributed by atoms with Crippen molar-refractivity contribution in [3.8, 4) is 17.3 Å². The first-order valence-corrected chi connectivity index (χ1v) is 13.0. The summed E-state index contributed by atoms with van der Waals surface area (Å²) in [7, 11) is 4.26. The van der Waals surface area contributed by atoms with Crippen LogP contribution in [-0.4, -0.2) is 48.0 Å². The Balaban J connectivity index is 1.26. The molecule has 1 aromatic heterocycles. The van der Waals surface area contributed by atoms with Crippen LogP contribution in [-0.2, 0) is 16.8 Å². The van der Waals surface area contributed by atoms with Crippen molar-refractivity contribution in [3.05, 3.63) is 77.5 Å². The summed E-state index contributed by atoms with van der Waals surface area (Å²) in [6.45, 7) is 0.499. The van der Waals surface area contributed by atoms with Crippen molar-refractivity contribution in [1.29, 1.82) is 5.26 Å². The standard InChI is InChI=1S/C30H30N6O2/c1-35(2)30(21-7-4-3-5-8-21)13-11-29(12-14-30)19-36(28(38)34-29)26-18-32-25(15-20(26)17-31)22-9-6-10-24-23(22)16-27(37)33-24/h3-10,15,18H,11-14,16,19H2,1-2H3,(H,33,37)(H,34,38)/t29-,30-. The summed E-state index contributed by atoms with van der Waals surface area (Å²) in [5.41, 5.74) is 4.88. The molecule has 0 unspecified atom stereocenters. The summed E-state index contributed by atoms with van der Waals surface area (Å²) in [6, 6.07) is 20.0. The number of carbonyl (C=O) groups excluding carboxylic acids is 2. The van der Waals surface area contributed by atoms with Gasteiger partial charge in [-0.15, -0.1) is 0 Å². The molecular weight excluding hydrogens is 476 g/mol. The number of hydrogen-bond donors (Lipinski definition) is 2. The number of fused-ring (bicyclic) bond motifs is 1. The second-order valence-corrected chi connectivity index (χ2v) is 10.8. The summed E-state index contributed by atoms with van der Waals surface area (Å²) in [4.78, 5) is 33.8. The molecule has 2 aromatic carbocycles. The molecule has 38 heavy (non-hydrogen) atoms. The van der Waals surface area contributed by atoms with Crippen LogP contribution >= 0.6 is 0 Å². The first kappa shape index (κ1) is 24.1. The van der Waals surface area contributed by atoms with E-state index in [-0.39, 0.29) is 29.4 Å². The van der Waals surface area contributed by atoms with Crippen molar-refractivity contribution >= 4 is 23.3 Å². The molecule has 0 bridgehead atoms. The van der Waals surface area contributed by atoms with Gasteiger partial charge in [0.2, 0.25) is 5.91 Å². The number of nitrogens with one attached hydrogen (secondary N) is 2. The number of carbonyl (C=O) groups is 2. The van der Waals surface area contributed by atoms with E-state index in [1.165, 1.54) is 5.56 Å². The van der Waals surface area contributed by atoms with Gasteiger partial charge in [0.05, 0.1) is 41.6 Å². The molecule has 1 saturated carbocycles. The van der Waals surface area contributed by atoms with E-state index in [1.807, 2.05) is 24.3 Å². The molecule has 8 heteroatoms. The van der Waals surface area contributed by atoms with Gasteiger partial charge >= 0.3 is 6.03 Å². The van der Waals surface area contributed by atoms with E-state index >= 15 is 0 Å². The summed E-state index contributed by atoms with van der Waals surface area (Å²) < 4.78 is 0. The summed E-state index contributed by atoms with van der Waals surface area (Å²) in [5, 5.41) is 16.1. The lowest BCUT2D eigenvalue weighted by Gasteiger charge is -2.48. The Morgan fingerprint density at radius 1 is 1.03 bits per heavy atom. The van der Waals surface area contributed by atoms with Crippen LogP contribution in [0.15, 0.2) is 60.8 Å². The van der Waals surface area contributed by atoms with Crippen LogP contribution in [0.25, 0.3) is 11.3 Å². The third kappa shape index (κ3) is 3.82. The Labute approximate surface area is 222 Å². The van der Waals surface area contributed by atoms with Gasteiger partial charge in [0.25, 0.3) is 0 Å². The van der Waals surface area contributed by atoms with Crippen LogP contribution in [0.2, 0.25) is 0 Å². The number of anilines is 2. The number of amides is 3. The lowest BCUT2D eigenvalue weighted by atomic mass is 9.69. The fraction of sp³-hybridized carbons (Fsp3) is 0.333. The van der Waals surface area contributed by atoms with E-state index < -0.39 is 0 Å². The Bertz CT molecular complexity index is 1470. The van der Waals surface area contributed by atoms with Gasteiger partial charge in [-0.05, 0) is 63.0 Å². The molecule has 6 rings (SSSR count). The van der Waals surface area contributed by atoms with Gasteiger partial charge in [-0.2, -0.15) is 5.26 Å². The van der Waals surface area contributed by atoms with Crippen molar-refractivity contribution in [2.75, 3.05) is 30.9 Å². The molecule has 2 N–H and O–H groups in total. The number of nitriles is 1. The predicted molar refractivity (Wildman–Crippen MR) is 146 cm³/mol. The Hall–Kier alpha value is -4.22. The fourth-order valence-electron chi connectivity index (χ4n) is 6.46. The zero-order chi connectivity index (χ0) is 26.5. The third-order valence-electron chi connectivity index (χ3n) is 8.64. The lowest BCUT2D eigenvalue weighted by Crippen LogP contribution is -2.54. The van der Waals surface area contributed by atoms with Crippen molar-refractivity contribution in [1.82, 2.24) is 15.2 Å². The van der Waals surface area contributed by atoms with Crippen LogP contribution in [0.3, 0.4) is 0 Å². The van der Waals surface area contributed by atoms with Crippen molar-refractivity contribution < 1.29 is 9.59 Å². The summed E-state index contributed by atoms with van der Waals surface area (Å²) in [6.07, 6.45) is 5.43. The number of nitrogens with zero attached hydrogens (tertiary/aromatic N) is 4. The van der Waals surface area contributed by atoms with Gasteiger partial charge in [-0.3, -0.25) is 19.6 Å². The maximum atomic E-state index is 13.2. The minimum atomic E-state index is -0.344. The van der Waals surface area contributed by atoms with Crippen LogP contribution in [0.5, 0.6) is 0 Å². The van der Waals surface area contributed by atoms with E-state index in [2.05, 4.69) is 64.9 Å². The van der Waals surface area contributed by atoms with Gasteiger partial charge in [-0.1, -0.05) is 42.5 Å². The van der Waals surface area contributed by atoms with Crippen LogP contribution in [0, 0.1) is 11.3 Å². The van der Waals surface area contributed by atoms with Crippen LogP contribution < -0.4 is 15.5 Å². The van der Waals surface area contributed by atoms with Crippen molar-refractivity contribution in [2.45, 2.75) is 43.2 Å². The normalized spacial score (nSPS) is 24.3. The smallest absolute Gasteiger partial charge is 0.322 e. The average Bonchev–Trinajstić information content (AvgIpc) is 3.47. The molecular formula is C30H30N6O2. The largest absolute Gasteiger partial charge is 0.330 e. The van der Waals surface area contributed by atoms with Gasteiger partial charge in [-0.25, -0.2) is 4.79 Å². The van der Waals surface area contributed by atoms with Gasteiger partial charge < -0.3 is 10.6 Å². The first-order chi connectivity index (χ1) is 18.3. The number of aromatic nitrogens is 1. The maximum absolute atomic E-state index is 13.2. The Morgan fingerprint density at radius 3 is 2.50 bits per heavy atom. The maximum Gasteiger partial charge on any atom is 0.322 e. The number of hydrogen-bond acceptors (Lipinski definition) is 5. The van der Waals surface area contributed by atoms with Crippen molar-refractivity contribution in [3.63, 3.8) is 0 Å². The Kier molecular flexibility index (Phi) is 5.69. The van der Waals surface area contributed by atoms with Crippen molar-refractivity contribution in [2.24, 2.45) is 0 Å². The molecule has 1 aliphatic carbocycles. The molecule has 8 nitrogen and oxygen atoms in total. The molecule has 3 heterocycles. The monoisotopic (exact) mass is 506 g/mol. The van der Waals surface area contributed by atoms with E-state index in [9.17, 15) is 14.9 Å². The van der Waals surface area contributed by atoms with Gasteiger partial charge in [0.1, 0.15) is 6.07 Å². The molecule has 2 fully saturated rings. The first-order valence-electron chi connectivity index (χ1n) is 13.0. The zero-order valence-electron chi connectivity index (χ0n) is 21.6. The SMILES string of the molecule is CN(C)[C@]1(c2ccccc2)CC[C@@]2(CC1)CN(c1cnc(-c3cccc4c3CC(=O)N4)cc1C#N)C(=O)N2. The zero-order valence-corrected chi connectivity index (χ0v) is 21.6. The summed E-state index contributed by atoms with van der Waals surface area (Å²) in [5.74, 6) is -0.0540. The highest BCUT2D eigenvalue weighted by atomic mass is 16.2. The molecule has 1 spiro atoms. The highest BCUT2D eigenvalue weighted by Gasteiger charge is 2.50. The van der Waals surface area contributed by atoms with Gasteiger partial charge in [0.15, 0.2) is 0 Å². The quantitative estimate of drug-likeness (QED) is 0.546. The Morgan fingerprint density at radius 2 is 1.79 bits per heavy atom. The predicted octanol–water partition coefficient (Wildman–Crippen LogP) is 4.41. The molecule has 1 saturated heterocycles. The van der Waals surface area contributed by atoms with E-state index in [4.69, 9.17) is 0 Å². The van der Waals surface area contributed by atoms with Crippen LogP contribution in [0.1, 0.15) is 42.4 Å². The van der Waals surface area contributed by atoms with E-state index in [1.54, 1.807) is 17.2 Å². The highest BCUT2D eigenvalue weighted by Crippen LogP contribution is 2.46. The van der Waals surface area contributed by atoms with E-state index in [0.29, 0.717) is 23.5 Å². The third-order valence-corrected chi connectivity index (χ3v) is 8.64. The van der Waals surface area contributed by atoms with Gasteiger partial charge in [0, 0.05) is 16.8 Å². The molecule has 2 aliphatic heterocycles. The fourth-order valence-corrected chi connectivity index (χ4v) is 6.46. The second kappa shape index (κ2) is 8.96. The molecule has 0 radical (unpaired) electrons. The molecule has 192 valence electrons. The number of rotatable bonds is 4. The molecule has 0 atom stereocenters. The molecule has 3 amide bonds. The molecule has 3 aromatic rings. The van der Waals surface area contributed by atoms with E-state index in [0.717, 1.165) is 42.5 Å². The average molecular weight is 507 g/mol. The minimum absolute atomic E-state index is 0.0540. The summed E-state index contributed by atoms with van der Waals surface area (Å²) >= 11 is 0. The molecule has 3 aliphatic rings. The van der Waals surface area contributed by atoms with Crippen LogP contribution in [0.4, 0.5) is 16.2 Å². The number of urea groups is 1. The lowest BCUT2D eigenvalue weighted by molar-refractivity contribution is -0.115. The second-order valence-electron chi connectivity index (χ2n) is 10.8.